The van der Waals surface area contributed by atoms with Crippen LogP contribution in [-0.4, -0.2) is 18.5 Å². The Bertz CT molecular complexity index is 759. The van der Waals surface area contributed by atoms with Crippen molar-refractivity contribution in [2.45, 2.75) is 13.3 Å². The van der Waals surface area contributed by atoms with Gasteiger partial charge >= 0.3 is 6.03 Å². The summed E-state index contributed by atoms with van der Waals surface area (Å²) in [5.74, 6) is 0.0882. The zero-order chi connectivity index (χ0) is 16.4. The van der Waals surface area contributed by atoms with Crippen molar-refractivity contribution in [2.24, 2.45) is 0 Å². The molecule has 0 aliphatic carbocycles. The molecule has 118 valence electrons. The van der Waals surface area contributed by atoms with Crippen LogP contribution in [0.4, 0.5) is 21.9 Å². The molecule has 0 aromatic heterocycles. The number of amides is 3. The van der Waals surface area contributed by atoms with E-state index in [-0.39, 0.29) is 11.9 Å². The highest BCUT2D eigenvalue weighted by Gasteiger charge is 2.25. The summed E-state index contributed by atoms with van der Waals surface area (Å²) in [6.45, 7) is 2.59. The van der Waals surface area contributed by atoms with Gasteiger partial charge < -0.3 is 15.5 Å². The summed E-state index contributed by atoms with van der Waals surface area (Å²) in [4.78, 5) is 25.6. The molecule has 0 fully saturated rings. The highest BCUT2D eigenvalue weighted by atomic mass is 35.5. The third-order valence-corrected chi connectivity index (χ3v) is 3.94. The van der Waals surface area contributed by atoms with Gasteiger partial charge in [0.1, 0.15) is 0 Å². The zero-order valence-electron chi connectivity index (χ0n) is 12.6. The molecule has 2 N–H and O–H groups in total. The van der Waals surface area contributed by atoms with Crippen LogP contribution < -0.4 is 15.5 Å². The predicted octanol–water partition coefficient (Wildman–Crippen LogP) is 3.89. The summed E-state index contributed by atoms with van der Waals surface area (Å²) in [6, 6.07) is 12.0. The molecule has 0 saturated carbocycles. The van der Waals surface area contributed by atoms with E-state index in [0.717, 1.165) is 11.3 Å². The Kier molecular flexibility index (Phi) is 4.21. The maximum absolute atomic E-state index is 12.0. The fourth-order valence-electron chi connectivity index (χ4n) is 2.63. The molecule has 3 rings (SSSR count). The number of anilines is 3. The highest BCUT2D eigenvalue weighted by molar-refractivity contribution is 6.30. The van der Waals surface area contributed by atoms with Crippen molar-refractivity contribution < 1.29 is 9.59 Å². The van der Waals surface area contributed by atoms with Crippen LogP contribution in [0.15, 0.2) is 42.5 Å². The molecule has 1 aliphatic rings. The average Bonchev–Trinajstić information content (AvgIpc) is 2.83. The maximum Gasteiger partial charge on any atom is 0.323 e. The van der Waals surface area contributed by atoms with Crippen LogP contribution in [-0.2, 0) is 11.2 Å². The lowest BCUT2D eigenvalue weighted by atomic mass is 10.1. The molecule has 0 spiro atoms. The van der Waals surface area contributed by atoms with E-state index in [2.05, 4.69) is 10.6 Å². The van der Waals surface area contributed by atoms with Gasteiger partial charge in [-0.1, -0.05) is 11.6 Å². The summed E-state index contributed by atoms with van der Waals surface area (Å²) in [7, 11) is 0. The minimum atomic E-state index is -0.344. The zero-order valence-corrected chi connectivity index (χ0v) is 13.4. The number of rotatable bonds is 3. The lowest BCUT2D eigenvalue weighted by Gasteiger charge is -2.15. The smallest absolute Gasteiger partial charge is 0.312 e. The Morgan fingerprint density at radius 1 is 1.13 bits per heavy atom. The Balaban J connectivity index is 1.69. The molecular formula is C17H16ClN3O2. The fourth-order valence-corrected chi connectivity index (χ4v) is 2.76. The highest BCUT2D eigenvalue weighted by Crippen LogP contribution is 2.31. The van der Waals surface area contributed by atoms with Gasteiger partial charge in [-0.05, 0) is 55.0 Å². The molecule has 23 heavy (non-hydrogen) atoms. The number of halogens is 1. The standard InChI is InChI=1S/C17H16ClN3O2/c1-2-21-15-8-7-14(9-11(15)10-16(21)22)20-17(23)19-13-5-3-12(18)4-6-13/h3-9H,2,10H2,1H3,(H2,19,20,23). The first-order valence-corrected chi connectivity index (χ1v) is 7.71. The average molecular weight is 330 g/mol. The Labute approximate surface area is 139 Å². The summed E-state index contributed by atoms with van der Waals surface area (Å²) in [5.41, 5.74) is 3.16. The quantitative estimate of drug-likeness (QED) is 0.897. The van der Waals surface area contributed by atoms with E-state index in [1.54, 1.807) is 35.2 Å². The number of fused-ring (bicyclic) bond motifs is 1. The van der Waals surface area contributed by atoms with Crippen LogP contribution in [0, 0.1) is 0 Å². The molecule has 1 aliphatic heterocycles. The van der Waals surface area contributed by atoms with Gasteiger partial charge in [-0.15, -0.1) is 0 Å². The molecule has 2 aromatic rings. The van der Waals surface area contributed by atoms with E-state index < -0.39 is 0 Å². The Morgan fingerprint density at radius 3 is 2.48 bits per heavy atom. The number of urea groups is 1. The molecule has 5 nitrogen and oxygen atoms in total. The van der Waals surface area contributed by atoms with Crippen molar-refractivity contribution >= 4 is 40.6 Å². The topological polar surface area (TPSA) is 61.4 Å². The molecule has 0 unspecified atom stereocenters. The number of carbonyl (C=O) groups excluding carboxylic acids is 2. The van der Waals surface area contributed by atoms with Crippen LogP contribution in [0.1, 0.15) is 12.5 Å². The third kappa shape index (κ3) is 3.29. The molecule has 0 atom stereocenters. The largest absolute Gasteiger partial charge is 0.323 e. The Morgan fingerprint density at radius 2 is 1.78 bits per heavy atom. The normalized spacial score (nSPS) is 13.0. The number of benzene rings is 2. The molecule has 2 aromatic carbocycles. The van der Waals surface area contributed by atoms with E-state index in [1.165, 1.54) is 0 Å². The summed E-state index contributed by atoms with van der Waals surface area (Å²) >= 11 is 5.81. The van der Waals surface area contributed by atoms with Crippen molar-refractivity contribution in [3.8, 4) is 0 Å². The maximum atomic E-state index is 12.0. The number of carbonyl (C=O) groups is 2. The summed E-state index contributed by atoms with van der Waals surface area (Å²) < 4.78 is 0. The number of nitrogens with one attached hydrogen (secondary N) is 2. The van der Waals surface area contributed by atoms with Crippen LogP contribution >= 0.6 is 11.6 Å². The first kappa shape index (κ1) is 15.4. The van der Waals surface area contributed by atoms with Crippen LogP contribution in [0.25, 0.3) is 0 Å². The van der Waals surface area contributed by atoms with Gasteiger partial charge in [0.05, 0.1) is 6.42 Å². The summed E-state index contributed by atoms with van der Waals surface area (Å²) in [6.07, 6.45) is 0.373. The fraction of sp³-hybridized carbons (Fsp3) is 0.176. The number of likely N-dealkylation sites (N-methyl/N-ethyl adjacent to an activating group) is 1. The van der Waals surface area contributed by atoms with E-state index in [1.807, 2.05) is 19.1 Å². The Hall–Kier alpha value is -2.53. The van der Waals surface area contributed by atoms with Crippen molar-refractivity contribution in [2.75, 3.05) is 22.1 Å². The lowest BCUT2D eigenvalue weighted by molar-refractivity contribution is -0.117. The monoisotopic (exact) mass is 329 g/mol. The molecule has 0 bridgehead atoms. The molecule has 6 heteroatoms. The van der Waals surface area contributed by atoms with Crippen LogP contribution in [0.3, 0.4) is 0 Å². The number of hydrogen-bond acceptors (Lipinski definition) is 2. The SMILES string of the molecule is CCN1C(=O)Cc2cc(NC(=O)Nc3ccc(Cl)cc3)ccc21. The minimum absolute atomic E-state index is 0.0882. The van der Waals surface area contributed by atoms with Gasteiger partial charge in [-0.3, -0.25) is 4.79 Å². The third-order valence-electron chi connectivity index (χ3n) is 3.69. The number of hydrogen-bond donors (Lipinski definition) is 2. The molecule has 0 radical (unpaired) electrons. The first-order chi connectivity index (χ1) is 11.1. The van der Waals surface area contributed by atoms with Crippen molar-refractivity contribution in [3.63, 3.8) is 0 Å². The lowest BCUT2D eigenvalue weighted by Crippen LogP contribution is -2.25. The minimum Gasteiger partial charge on any atom is -0.312 e. The van der Waals surface area contributed by atoms with Gasteiger partial charge in [0.25, 0.3) is 0 Å². The molecular weight excluding hydrogens is 314 g/mol. The molecule has 1 heterocycles. The van der Waals surface area contributed by atoms with Gasteiger partial charge in [0, 0.05) is 28.6 Å². The molecule has 3 amide bonds. The van der Waals surface area contributed by atoms with E-state index in [9.17, 15) is 9.59 Å². The van der Waals surface area contributed by atoms with Crippen LogP contribution in [0.5, 0.6) is 0 Å². The van der Waals surface area contributed by atoms with E-state index >= 15 is 0 Å². The van der Waals surface area contributed by atoms with E-state index in [4.69, 9.17) is 11.6 Å². The second-order valence-electron chi connectivity index (χ2n) is 5.24. The van der Waals surface area contributed by atoms with Gasteiger partial charge in [0.2, 0.25) is 5.91 Å². The second kappa shape index (κ2) is 6.30. The first-order valence-electron chi connectivity index (χ1n) is 7.33. The second-order valence-corrected chi connectivity index (χ2v) is 5.68. The predicted molar refractivity (Wildman–Crippen MR) is 92.3 cm³/mol. The van der Waals surface area contributed by atoms with Gasteiger partial charge in [-0.2, -0.15) is 0 Å². The van der Waals surface area contributed by atoms with Crippen molar-refractivity contribution in [1.29, 1.82) is 0 Å². The van der Waals surface area contributed by atoms with Gasteiger partial charge in [0.15, 0.2) is 0 Å². The number of nitrogens with zero attached hydrogens (tertiary/aromatic N) is 1. The van der Waals surface area contributed by atoms with Gasteiger partial charge in [-0.25, -0.2) is 4.79 Å². The molecule has 0 saturated heterocycles. The van der Waals surface area contributed by atoms with E-state index in [0.29, 0.717) is 29.4 Å². The van der Waals surface area contributed by atoms with Crippen LogP contribution in [0.2, 0.25) is 5.02 Å². The van der Waals surface area contributed by atoms with Crippen molar-refractivity contribution in [1.82, 2.24) is 0 Å². The summed E-state index contributed by atoms with van der Waals surface area (Å²) in [5, 5.41) is 6.11. The van der Waals surface area contributed by atoms with Crippen molar-refractivity contribution in [3.05, 3.63) is 53.1 Å².